The second kappa shape index (κ2) is 8.03. The molecule has 0 spiro atoms. The van der Waals surface area contributed by atoms with Crippen molar-refractivity contribution < 1.29 is 14.7 Å². The summed E-state index contributed by atoms with van der Waals surface area (Å²) in [6, 6.07) is 9.69. The number of benzene rings is 1. The van der Waals surface area contributed by atoms with E-state index in [0.717, 1.165) is 11.1 Å². The summed E-state index contributed by atoms with van der Waals surface area (Å²) in [4.78, 5) is 25.2. The van der Waals surface area contributed by atoms with Gasteiger partial charge in [-0.1, -0.05) is 31.2 Å². The molecule has 2 heterocycles. The van der Waals surface area contributed by atoms with Crippen LogP contribution in [0.15, 0.2) is 42.7 Å². The molecule has 2 atom stereocenters. The van der Waals surface area contributed by atoms with Gasteiger partial charge in [0.1, 0.15) is 0 Å². The quantitative estimate of drug-likeness (QED) is 0.860. The van der Waals surface area contributed by atoms with Crippen molar-refractivity contribution in [2.24, 2.45) is 11.8 Å². The van der Waals surface area contributed by atoms with Crippen LogP contribution < -0.4 is 5.32 Å². The highest BCUT2D eigenvalue weighted by atomic mass is 16.4. The molecule has 0 radical (unpaired) electrons. The zero-order valence-electron chi connectivity index (χ0n) is 14.8. The van der Waals surface area contributed by atoms with Gasteiger partial charge in [0.2, 0.25) is 0 Å². The van der Waals surface area contributed by atoms with Gasteiger partial charge in [0, 0.05) is 32.0 Å². The van der Waals surface area contributed by atoms with Gasteiger partial charge in [-0.3, -0.25) is 9.48 Å². The number of likely N-dealkylation sites (tertiary alicyclic amines) is 1. The number of urea groups is 1. The summed E-state index contributed by atoms with van der Waals surface area (Å²) >= 11 is 0. The minimum atomic E-state index is -0.831. The number of nitrogens with zero attached hydrogens (tertiary/aromatic N) is 3. The Bertz CT molecular complexity index is 743. The van der Waals surface area contributed by atoms with E-state index >= 15 is 0 Å². The molecule has 1 fully saturated rings. The lowest BCUT2D eigenvalue weighted by Crippen LogP contribution is -2.49. The van der Waals surface area contributed by atoms with Gasteiger partial charge in [-0.2, -0.15) is 5.10 Å². The third kappa shape index (κ3) is 4.62. The smallest absolute Gasteiger partial charge is 0.317 e. The fraction of sp³-hybridized carbons (Fsp3) is 0.421. The molecule has 1 aliphatic heterocycles. The number of carbonyl (C=O) groups is 2. The van der Waals surface area contributed by atoms with Crippen LogP contribution in [0.3, 0.4) is 0 Å². The predicted octanol–water partition coefficient (Wildman–Crippen LogP) is 2.18. The highest BCUT2D eigenvalue weighted by Gasteiger charge is 2.31. The zero-order valence-corrected chi connectivity index (χ0v) is 14.8. The fourth-order valence-electron chi connectivity index (χ4n) is 3.33. The Kier molecular flexibility index (Phi) is 5.55. The average molecular weight is 356 g/mol. The lowest BCUT2D eigenvalue weighted by atomic mass is 9.91. The molecule has 26 heavy (non-hydrogen) atoms. The minimum Gasteiger partial charge on any atom is -0.481 e. The molecule has 1 aromatic carbocycles. The molecule has 2 unspecified atom stereocenters. The van der Waals surface area contributed by atoms with E-state index in [1.165, 1.54) is 0 Å². The van der Waals surface area contributed by atoms with E-state index in [0.29, 0.717) is 26.1 Å². The molecular formula is C19H24N4O3. The molecule has 0 bridgehead atoms. The van der Waals surface area contributed by atoms with E-state index in [1.807, 2.05) is 48.1 Å². The molecular weight excluding hydrogens is 332 g/mol. The van der Waals surface area contributed by atoms with Crippen LogP contribution in [0.1, 0.15) is 24.5 Å². The predicted molar refractivity (Wildman–Crippen MR) is 96.5 cm³/mol. The lowest BCUT2D eigenvalue weighted by molar-refractivity contribution is -0.143. The number of hydrogen-bond acceptors (Lipinski definition) is 3. The van der Waals surface area contributed by atoms with E-state index < -0.39 is 11.9 Å². The summed E-state index contributed by atoms with van der Waals surface area (Å²) < 4.78 is 1.85. The molecule has 7 nitrogen and oxygen atoms in total. The Hall–Kier alpha value is -2.83. The van der Waals surface area contributed by atoms with E-state index in [9.17, 15) is 14.7 Å². The molecule has 1 saturated heterocycles. The summed E-state index contributed by atoms with van der Waals surface area (Å²) in [6.07, 6.45) is 4.29. The first kappa shape index (κ1) is 18.0. The Labute approximate surface area is 152 Å². The molecule has 2 aromatic rings. The summed E-state index contributed by atoms with van der Waals surface area (Å²) in [5.41, 5.74) is 2.14. The third-order valence-electron chi connectivity index (χ3n) is 4.67. The lowest BCUT2D eigenvalue weighted by Gasteiger charge is -2.34. The van der Waals surface area contributed by atoms with Crippen molar-refractivity contribution in [1.29, 1.82) is 0 Å². The Morgan fingerprint density at radius 3 is 2.62 bits per heavy atom. The van der Waals surface area contributed by atoms with Crippen molar-refractivity contribution in [3.05, 3.63) is 53.9 Å². The number of aromatic nitrogens is 2. The van der Waals surface area contributed by atoms with Crippen molar-refractivity contribution in [3.8, 4) is 0 Å². The zero-order chi connectivity index (χ0) is 18.5. The second-order valence-corrected chi connectivity index (χ2v) is 6.96. The van der Waals surface area contributed by atoms with Gasteiger partial charge in [0.25, 0.3) is 0 Å². The molecule has 2 N–H and O–H groups in total. The second-order valence-electron chi connectivity index (χ2n) is 6.96. The van der Waals surface area contributed by atoms with Gasteiger partial charge in [-0.15, -0.1) is 0 Å². The molecule has 0 saturated carbocycles. The van der Waals surface area contributed by atoms with E-state index in [-0.39, 0.29) is 18.5 Å². The molecule has 3 rings (SSSR count). The molecule has 1 aliphatic rings. The van der Waals surface area contributed by atoms with E-state index in [1.54, 1.807) is 11.1 Å². The summed E-state index contributed by atoms with van der Waals surface area (Å²) in [7, 11) is 0. The Morgan fingerprint density at radius 2 is 1.96 bits per heavy atom. The topological polar surface area (TPSA) is 87.5 Å². The molecule has 1 aromatic heterocycles. The van der Waals surface area contributed by atoms with Gasteiger partial charge < -0.3 is 15.3 Å². The van der Waals surface area contributed by atoms with Gasteiger partial charge >= 0.3 is 12.0 Å². The van der Waals surface area contributed by atoms with Gasteiger partial charge in [0.15, 0.2) is 0 Å². The van der Waals surface area contributed by atoms with Gasteiger partial charge in [0.05, 0.1) is 12.5 Å². The van der Waals surface area contributed by atoms with Crippen molar-refractivity contribution in [1.82, 2.24) is 20.0 Å². The number of piperidine rings is 1. The van der Waals surface area contributed by atoms with Crippen LogP contribution in [0.5, 0.6) is 0 Å². The number of rotatable bonds is 5. The normalized spacial score (nSPS) is 20.0. The van der Waals surface area contributed by atoms with Crippen LogP contribution in [0.4, 0.5) is 4.79 Å². The Morgan fingerprint density at radius 1 is 1.23 bits per heavy atom. The standard InChI is InChI=1S/C19H24N4O3/c1-14-9-17(18(24)25)13-22(11-14)19(26)20-10-15-3-5-16(6-4-15)12-23-8-2-7-21-23/h2-8,14,17H,9-13H2,1H3,(H,20,26)(H,24,25). The summed E-state index contributed by atoms with van der Waals surface area (Å²) in [5.74, 6) is -1.12. The Balaban J connectivity index is 1.51. The minimum absolute atomic E-state index is 0.192. The van der Waals surface area contributed by atoms with Crippen molar-refractivity contribution in [2.45, 2.75) is 26.4 Å². The molecule has 7 heteroatoms. The number of carboxylic acids is 1. The molecule has 138 valence electrons. The van der Waals surface area contributed by atoms with Crippen LogP contribution >= 0.6 is 0 Å². The van der Waals surface area contributed by atoms with Crippen LogP contribution in [-0.4, -0.2) is 44.9 Å². The number of amides is 2. The van der Waals surface area contributed by atoms with Gasteiger partial charge in [-0.25, -0.2) is 4.79 Å². The molecule has 2 amide bonds. The largest absolute Gasteiger partial charge is 0.481 e. The van der Waals surface area contributed by atoms with Crippen LogP contribution in [0, 0.1) is 11.8 Å². The SMILES string of the molecule is CC1CC(C(=O)O)CN(C(=O)NCc2ccc(Cn3cccn3)cc2)C1. The van der Waals surface area contributed by atoms with E-state index in [2.05, 4.69) is 10.4 Å². The number of carbonyl (C=O) groups excluding carboxylic acids is 1. The maximum atomic E-state index is 12.4. The van der Waals surface area contributed by atoms with Crippen molar-refractivity contribution in [2.75, 3.05) is 13.1 Å². The number of nitrogens with one attached hydrogen (secondary N) is 1. The highest BCUT2D eigenvalue weighted by molar-refractivity contribution is 5.76. The monoisotopic (exact) mass is 356 g/mol. The first-order valence-corrected chi connectivity index (χ1v) is 8.82. The summed E-state index contributed by atoms with van der Waals surface area (Å²) in [6.45, 7) is 3.98. The van der Waals surface area contributed by atoms with Crippen molar-refractivity contribution in [3.63, 3.8) is 0 Å². The average Bonchev–Trinajstić information content (AvgIpc) is 3.13. The summed E-state index contributed by atoms with van der Waals surface area (Å²) in [5, 5.41) is 16.3. The van der Waals surface area contributed by atoms with Crippen LogP contribution in [-0.2, 0) is 17.9 Å². The number of hydrogen-bond donors (Lipinski definition) is 2. The number of aliphatic carboxylic acids is 1. The highest BCUT2D eigenvalue weighted by Crippen LogP contribution is 2.21. The fourth-order valence-corrected chi connectivity index (χ4v) is 3.33. The maximum Gasteiger partial charge on any atom is 0.317 e. The first-order valence-electron chi connectivity index (χ1n) is 8.82. The molecule has 0 aliphatic carbocycles. The van der Waals surface area contributed by atoms with E-state index in [4.69, 9.17) is 0 Å². The number of carboxylic acid groups (broad SMARTS) is 1. The van der Waals surface area contributed by atoms with Crippen LogP contribution in [0.2, 0.25) is 0 Å². The first-order chi connectivity index (χ1) is 12.5. The third-order valence-corrected chi connectivity index (χ3v) is 4.67. The van der Waals surface area contributed by atoms with Crippen LogP contribution in [0.25, 0.3) is 0 Å². The van der Waals surface area contributed by atoms with Gasteiger partial charge in [-0.05, 0) is 29.5 Å². The maximum absolute atomic E-state index is 12.4. The van der Waals surface area contributed by atoms with Crippen molar-refractivity contribution >= 4 is 12.0 Å².